The van der Waals surface area contributed by atoms with Crippen LogP contribution in [0.2, 0.25) is 0 Å². The van der Waals surface area contributed by atoms with Gasteiger partial charge in [-0.25, -0.2) is 0 Å². The third-order valence-corrected chi connectivity index (χ3v) is 3.52. The lowest BCUT2D eigenvalue weighted by molar-refractivity contribution is 0.199. The van der Waals surface area contributed by atoms with E-state index in [0.717, 1.165) is 44.6 Å². The molecule has 1 fully saturated rings. The smallest absolute Gasteiger partial charge is 0.0587 e. The third kappa shape index (κ3) is 4.41. The summed E-state index contributed by atoms with van der Waals surface area (Å²) in [5.41, 5.74) is 1.50. The second-order valence-electron chi connectivity index (χ2n) is 4.96. The predicted octanol–water partition coefficient (Wildman–Crippen LogP) is 1.62. The van der Waals surface area contributed by atoms with Crippen LogP contribution >= 0.6 is 0 Å². The monoisotopic (exact) mass is 248 g/mol. The molecule has 1 aliphatic rings. The van der Waals surface area contributed by atoms with Crippen LogP contribution in [0.15, 0.2) is 30.3 Å². The van der Waals surface area contributed by atoms with Gasteiger partial charge in [0, 0.05) is 26.7 Å². The molecule has 18 heavy (non-hydrogen) atoms. The molecule has 0 saturated heterocycles. The van der Waals surface area contributed by atoms with Crippen LogP contribution in [-0.2, 0) is 4.74 Å². The quantitative estimate of drug-likeness (QED) is 0.652. The molecule has 2 N–H and O–H groups in total. The fraction of sp³-hybridized carbons (Fsp3) is 0.600. The Kier molecular flexibility index (Phi) is 5.65. The van der Waals surface area contributed by atoms with Crippen molar-refractivity contribution in [2.24, 2.45) is 5.92 Å². The fourth-order valence-corrected chi connectivity index (χ4v) is 2.35. The molecule has 3 heteroatoms. The molecule has 1 aromatic rings. The highest BCUT2D eigenvalue weighted by Crippen LogP contribution is 2.46. The Morgan fingerprint density at radius 3 is 2.67 bits per heavy atom. The first-order chi connectivity index (χ1) is 8.92. The van der Waals surface area contributed by atoms with Crippen molar-refractivity contribution >= 4 is 0 Å². The highest BCUT2D eigenvalue weighted by atomic mass is 16.5. The Morgan fingerprint density at radius 1 is 1.11 bits per heavy atom. The first-order valence-electron chi connectivity index (χ1n) is 6.87. The summed E-state index contributed by atoms with van der Waals surface area (Å²) in [4.78, 5) is 0. The van der Waals surface area contributed by atoms with Crippen LogP contribution in [0.3, 0.4) is 0 Å². The van der Waals surface area contributed by atoms with Gasteiger partial charge in [-0.05, 0) is 30.4 Å². The molecule has 1 saturated carbocycles. The number of benzene rings is 1. The fourth-order valence-electron chi connectivity index (χ4n) is 2.35. The number of hydrogen-bond donors (Lipinski definition) is 2. The Hall–Kier alpha value is -0.900. The molecule has 0 aliphatic heterocycles. The van der Waals surface area contributed by atoms with Gasteiger partial charge in [-0.1, -0.05) is 30.3 Å². The third-order valence-electron chi connectivity index (χ3n) is 3.52. The molecule has 2 atom stereocenters. The van der Waals surface area contributed by atoms with Gasteiger partial charge in [0.15, 0.2) is 0 Å². The Bertz CT molecular complexity index is 329. The summed E-state index contributed by atoms with van der Waals surface area (Å²) in [5.74, 6) is 1.63. The van der Waals surface area contributed by atoms with Crippen LogP contribution in [0.1, 0.15) is 17.9 Å². The van der Waals surface area contributed by atoms with Crippen molar-refractivity contribution in [3.05, 3.63) is 35.9 Å². The summed E-state index contributed by atoms with van der Waals surface area (Å²) in [6.45, 7) is 4.94. The molecule has 0 bridgehead atoms. The molecule has 0 aromatic heterocycles. The Labute approximate surface area is 110 Å². The zero-order chi connectivity index (χ0) is 12.6. The van der Waals surface area contributed by atoms with Gasteiger partial charge >= 0.3 is 0 Å². The molecule has 0 amide bonds. The molecular formula is C15H24N2O. The molecule has 0 radical (unpaired) electrons. The van der Waals surface area contributed by atoms with Gasteiger partial charge in [0.1, 0.15) is 0 Å². The first-order valence-corrected chi connectivity index (χ1v) is 6.87. The number of nitrogens with one attached hydrogen (secondary N) is 2. The number of methoxy groups -OCH3 is 1. The van der Waals surface area contributed by atoms with E-state index < -0.39 is 0 Å². The van der Waals surface area contributed by atoms with E-state index in [2.05, 4.69) is 41.0 Å². The molecule has 0 spiro atoms. The molecule has 100 valence electrons. The van der Waals surface area contributed by atoms with E-state index in [-0.39, 0.29) is 0 Å². The zero-order valence-corrected chi connectivity index (χ0v) is 11.2. The maximum atomic E-state index is 4.98. The molecule has 0 heterocycles. The summed E-state index contributed by atoms with van der Waals surface area (Å²) in [6, 6.07) is 10.9. The Morgan fingerprint density at radius 2 is 1.89 bits per heavy atom. The predicted molar refractivity (Wildman–Crippen MR) is 74.9 cm³/mol. The lowest BCUT2D eigenvalue weighted by atomic mass is 10.1. The van der Waals surface area contributed by atoms with E-state index in [0.29, 0.717) is 0 Å². The molecule has 3 nitrogen and oxygen atoms in total. The van der Waals surface area contributed by atoms with E-state index in [4.69, 9.17) is 4.74 Å². The van der Waals surface area contributed by atoms with Crippen molar-refractivity contribution in [1.82, 2.24) is 10.6 Å². The summed E-state index contributed by atoms with van der Waals surface area (Å²) >= 11 is 0. The van der Waals surface area contributed by atoms with Crippen LogP contribution in [0.4, 0.5) is 0 Å². The van der Waals surface area contributed by atoms with Crippen LogP contribution in [0, 0.1) is 5.92 Å². The number of ether oxygens (including phenoxy) is 1. The van der Waals surface area contributed by atoms with Crippen LogP contribution < -0.4 is 10.6 Å². The molecule has 1 aromatic carbocycles. The minimum absolute atomic E-state index is 0.790. The van der Waals surface area contributed by atoms with Gasteiger partial charge in [0.25, 0.3) is 0 Å². The van der Waals surface area contributed by atoms with E-state index in [1.807, 2.05) is 0 Å². The molecule has 2 rings (SSSR count). The summed E-state index contributed by atoms with van der Waals surface area (Å²) in [5, 5.41) is 6.86. The van der Waals surface area contributed by atoms with Gasteiger partial charge in [0.05, 0.1) is 6.61 Å². The normalized spacial score (nSPS) is 22.1. The average Bonchev–Trinajstić information content (AvgIpc) is 3.18. The van der Waals surface area contributed by atoms with Crippen molar-refractivity contribution in [1.29, 1.82) is 0 Å². The maximum Gasteiger partial charge on any atom is 0.0587 e. The lowest BCUT2D eigenvalue weighted by Gasteiger charge is -2.06. The number of rotatable bonds is 9. The van der Waals surface area contributed by atoms with E-state index in [9.17, 15) is 0 Å². The van der Waals surface area contributed by atoms with Gasteiger partial charge in [0.2, 0.25) is 0 Å². The van der Waals surface area contributed by atoms with Crippen LogP contribution in [0.25, 0.3) is 0 Å². The van der Waals surface area contributed by atoms with E-state index in [1.165, 1.54) is 12.0 Å². The van der Waals surface area contributed by atoms with E-state index in [1.54, 1.807) is 7.11 Å². The van der Waals surface area contributed by atoms with Gasteiger partial charge in [-0.3, -0.25) is 0 Å². The van der Waals surface area contributed by atoms with Gasteiger partial charge in [-0.15, -0.1) is 0 Å². The lowest BCUT2D eigenvalue weighted by Crippen LogP contribution is -2.30. The highest BCUT2D eigenvalue weighted by molar-refractivity contribution is 5.25. The standard InChI is InChI=1S/C15H24N2O/c1-18-10-9-16-7-8-17-12-14-11-15(14)13-5-3-2-4-6-13/h2-6,14-17H,7-12H2,1H3. The van der Waals surface area contributed by atoms with E-state index >= 15 is 0 Å². The van der Waals surface area contributed by atoms with Crippen LogP contribution in [0.5, 0.6) is 0 Å². The molecule has 1 aliphatic carbocycles. The number of hydrogen-bond acceptors (Lipinski definition) is 3. The summed E-state index contributed by atoms with van der Waals surface area (Å²) < 4.78 is 4.98. The SMILES string of the molecule is COCCNCCNCC1CC1c1ccccc1. The second-order valence-corrected chi connectivity index (χ2v) is 4.96. The highest BCUT2D eigenvalue weighted by Gasteiger charge is 2.37. The summed E-state index contributed by atoms with van der Waals surface area (Å²) in [6.07, 6.45) is 1.34. The van der Waals surface area contributed by atoms with Crippen molar-refractivity contribution in [3.8, 4) is 0 Å². The molecule has 2 unspecified atom stereocenters. The van der Waals surface area contributed by atoms with Crippen molar-refractivity contribution in [2.75, 3.05) is 39.9 Å². The van der Waals surface area contributed by atoms with Crippen molar-refractivity contribution in [2.45, 2.75) is 12.3 Å². The summed E-state index contributed by atoms with van der Waals surface area (Å²) in [7, 11) is 1.73. The second kappa shape index (κ2) is 7.52. The van der Waals surface area contributed by atoms with Crippen molar-refractivity contribution < 1.29 is 4.74 Å². The maximum absolute atomic E-state index is 4.98. The largest absolute Gasteiger partial charge is 0.383 e. The zero-order valence-electron chi connectivity index (χ0n) is 11.2. The van der Waals surface area contributed by atoms with Gasteiger partial charge in [-0.2, -0.15) is 0 Å². The van der Waals surface area contributed by atoms with Gasteiger partial charge < -0.3 is 15.4 Å². The van der Waals surface area contributed by atoms with Crippen LogP contribution in [-0.4, -0.2) is 39.9 Å². The topological polar surface area (TPSA) is 33.3 Å². The average molecular weight is 248 g/mol. The Balaban J connectivity index is 1.50. The molecular weight excluding hydrogens is 224 g/mol. The minimum atomic E-state index is 0.790. The first kappa shape index (κ1) is 13.5. The minimum Gasteiger partial charge on any atom is -0.383 e. The van der Waals surface area contributed by atoms with Crippen molar-refractivity contribution in [3.63, 3.8) is 0 Å².